The van der Waals surface area contributed by atoms with Crippen LogP contribution in [0.1, 0.15) is 37.7 Å². The van der Waals surface area contributed by atoms with E-state index < -0.39 is 5.97 Å². The molecule has 2 atom stereocenters. The molecule has 0 bridgehead atoms. The van der Waals surface area contributed by atoms with Gasteiger partial charge in [0.15, 0.2) is 0 Å². The predicted octanol–water partition coefficient (Wildman–Crippen LogP) is 2.29. The summed E-state index contributed by atoms with van der Waals surface area (Å²) in [5.74, 6) is -0.269. The summed E-state index contributed by atoms with van der Waals surface area (Å²) in [4.78, 5) is 24.8. The van der Waals surface area contributed by atoms with Gasteiger partial charge >= 0.3 is 5.97 Å². The zero-order valence-corrected chi connectivity index (χ0v) is 14.5. The van der Waals surface area contributed by atoms with E-state index in [2.05, 4.69) is 5.32 Å². The maximum atomic E-state index is 12.7. The van der Waals surface area contributed by atoms with Crippen LogP contribution in [0.4, 0.5) is 0 Å². The molecule has 2 heterocycles. The monoisotopic (exact) mass is 345 g/mol. The Morgan fingerprint density at radius 3 is 2.88 bits per heavy atom. The van der Waals surface area contributed by atoms with Crippen molar-refractivity contribution in [2.45, 2.75) is 38.2 Å². The maximum absolute atomic E-state index is 12.7. The lowest BCUT2D eigenvalue weighted by atomic mass is 9.84. The molecule has 1 saturated heterocycles. The molecule has 0 aliphatic carbocycles. The molecule has 0 unspecified atom stereocenters. The van der Waals surface area contributed by atoms with Crippen molar-refractivity contribution in [1.82, 2.24) is 5.32 Å². The topological polar surface area (TPSA) is 73.9 Å². The highest BCUT2D eigenvalue weighted by Gasteiger charge is 2.34. The Labute approximate surface area is 147 Å². The van der Waals surface area contributed by atoms with Crippen LogP contribution in [-0.2, 0) is 19.1 Å². The molecule has 6 heteroatoms. The summed E-state index contributed by atoms with van der Waals surface area (Å²) in [5, 5.41) is 2.74. The van der Waals surface area contributed by atoms with Crippen molar-refractivity contribution >= 4 is 11.9 Å². The second kappa shape index (κ2) is 7.70. The molecule has 1 amide bonds. The first-order valence-electron chi connectivity index (χ1n) is 8.52. The van der Waals surface area contributed by atoms with E-state index in [1.807, 2.05) is 24.3 Å². The van der Waals surface area contributed by atoms with E-state index in [0.29, 0.717) is 23.6 Å². The molecule has 1 aromatic carbocycles. The van der Waals surface area contributed by atoms with Gasteiger partial charge in [0.05, 0.1) is 18.8 Å². The van der Waals surface area contributed by atoms with Crippen molar-refractivity contribution in [2.75, 3.05) is 20.3 Å². The molecule has 0 spiro atoms. The average molecular weight is 345 g/mol. The molecule has 0 saturated carbocycles. The fourth-order valence-electron chi connectivity index (χ4n) is 3.41. The SMILES string of the molecule is COc1ccccc1[C@H]1CC(=O)NC(C)=C1C(=O)OC[C@H]1CCCO1. The number of nitrogens with one attached hydrogen (secondary N) is 1. The van der Waals surface area contributed by atoms with Crippen LogP contribution >= 0.6 is 0 Å². The average Bonchev–Trinajstić information content (AvgIpc) is 3.12. The Morgan fingerprint density at radius 1 is 1.36 bits per heavy atom. The number of ether oxygens (including phenoxy) is 3. The van der Waals surface area contributed by atoms with Crippen LogP contribution in [-0.4, -0.2) is 38.3 Å². The fraction of sp³-hybridized carbons (Fsp3) is 0.474. The largest absolute Gasteiger partial charge is 0.496 e. The van der Waals surface area contributed by atoms with Gasteiger partial charge < -0.3 is 19.5 Å². The summed E-state index contributed by atoms with van der Waals surface area (Å²) in [6, 6.07) is 7.43. The summed E-state index contributed by atoms with van der Waals surface area (Å²) in [5.41, 5.74) is 1.81. The van der Waals surface area contributed by atoms with Crippen molar-refractivity contribution in [3.05, 3.63) is 41.1 Å². The summed E-state index contributed by atoms with van der Waals surface area (Å²) < 4.78 is 16.4. The maximum Gasteiger partial charge on any atom is 0.336 e. The van der Waals surface area contributed by atoms with Crippen LogP contribution in [0.15, 0.2) is 35.5 Å². The number of benzene rings is 1. The molecule has 2 aliphatic rings. The molecule has 0 radical (unpaired) electrons. The highest BCUT2D eigenvalue weighted by Crippen LogP contribution is 2.38. The Balaban J connectivity index is 1.85. The second-order valence-electron chi connectivity index (χ2n) is 6.32. The van der Waals surface area contributed by atoms with Gasteiger partial charge in [0.2, 0.25) is 5.91 Å². The summed E-state index contributed by atoms with van der Waals surface area (Å²) in [6.07, 6.45) is 2.04. The molecule has 1 N–H and O–H groups in total. The third-order valence-corrected chi connectivity index (χ3v) is 4.63. The summed E-state index contributed by atoms with van der Waals surface area (Å²) in [7, 11) is 1.58. The quantitative estimate of drug-likeness (QED) is 0.829. The van der Waals surface area contributed by atoms with Gasteiger partial charge in [-0.15, -0.1) is 0 Å². The molecule has 25 heavy (non-hydrogen) atoms. The Morgan fingerprint density at radius 2 is 2.16 bits per heavy atom. The minimum Gasteiger partial charge on any atom is -0.496 e. The lowest BCUT2D eigenvalue weighted by Gasteiger charge is -2.27. The summed E-state index contributed by atoms with van der Waals surface area (Å²) in [6.45, 7) is 2.67. The summed E-state index contributed by atoms with van der Waals surface area (Å²) >= 11 is 0. The number of rotatable bonds is 5. The highest BCUT2D eigenvalue weighted by molar-refractivity contribution is 5.96. The molecular weight excluding hydrogens is 322 g/mol. The van der Waals surface area contributed by atoms with Gasteiger partial charge in [-0.25, -0.2) is 4.79 Å². The van der Waals surface area contributed by atoms with E-state index in [1.54, 1.807) is 14.0 Å². The van der Waals surface area contributed by atoms with Crippen molar-refractivity contribution < 1.29 is 23.8 Å². The lowest BCUT2D eigenvalue weighted by Crippen LogP contribution is -2.35. The number of methoxy groups -OCH3 is 1. The number of esters is 1. The Hall–Kier alpha value is -2.34. The second-order valence-corrected chi connectivity index (χ2v) is 6.32. The van der Waals surface area contributed by atoms with Gasteiger partial charge in [-0.2, -0.15) is 0 Å². The van der Waals surface area contributed by atoms with Gasteiger partial charge in [-0.3, -0.25) is 4.79 Å². The van der Waals surface area contributed by atoms with Gasteiger partial charge in [-0.1, -0.05) is 18.2 Å². The van der Waals surface area contributed by atoms with Gasteiger partial charge in [0, 0.05) is 30.2 Å². The van der Waals surface area contributed by atoms with Crippen LogP contribution in [0, 0.1) is 0 Å². The number of hydrogen-bond donors (Lipinski definition) is 1. The van der Waals surface area contributed by atoms with Crippen molar-refractivity contribution in [3.63, 3.8) is 0 Å². The van der Waals surface area contributed by atoms with Crippen molar-refractivity contribution in [3.8, 4) is 5.75 Å². The molecule has 0 aromatic heterocycles. The van der Waals surface area contributed by atoms with Crippen LogP contribution in [0.5, 0.6) is 5.75 Å². The number of amides is 1. The normalized spacial score (nSPS) is 23.4. The van der Waals surface area contributed by atoms with Gasteiger partial charge in [0.25, 0.3) is 0 Å². The molecule has 1 aromatic rings. The smallest absolute Gasteiger partial charge is 0.336 e. The Kier molecular flexibility index (Phi) is 5.38. The van der Waals surface area contributed by atoms with Crippen LogP contribution < -0.4 is 10.1 Å². The third kappa shape index (κ3) is 3.85. The lowest BCUT2D eigenvalue weighted by molar-refractivity contribution is -0.142. The predicted molar refractivity (Wildman–Crippen MR) is 91.1 cm³/mol. The molecule has 2 aliphatic heterocycles. The molecule has 3 rings (SSSR count). The first-order chi connectivity index (χ1) is 12.1. The molecule has 134 valence electrons. The van der Waals surface area contributed by atoms with E-state index in [0.717, 1.165) is 18.4 Å². The number of para-hydroxylation sites is 1. The van der Waals surface area contributed by atoms with E-state index in [-0.39, 0.29) is 31.0 Å². The number of carbonyl (C=O) groups excluding carboxylic acids is 2. The number of hydrogen-bond acceptors (Lipinski definition) is 5. The third-order valence-electron chi connectivity index (χ3n) is 4.63. The van der Waals surface area contributed by atoms with Crippen molar-refractivity contribution in [1.29, 1.82) is 0 Å². The van der Waals surface area contributed by atoms with E-state index in [4.69, 9.17) is 14.2 Å². The van der Waals surface area contributed by atoms with Crippen LogP contribution in [0.25, 0.3) is 0 Å². The van der Waals surface area contributed by atoms with E-state index in [1.165, 1.54) is 0 Å². The highest BCUT2D eigenvalue weighted by atomic mass is 16.6. The molecule has 6 nitrogen and oxygen atoms in total. The van der Waals surface area contributed by atoms with E-state index >= 15 is 0 Å². The van der Waals surface area contributed by atoms with E-state index in [9.17, 15) is 9.59 Å². The van der Waals surface area contributed by atoms with Crippen molar-refractivity contribution in [2.24, 2.45) is 0 Å². The van der Waals surface area contributed by atoms with Crippen LogP contribution in [0.3, 0.4) is 0 Å². The van der Waals surface area contributed by atoms with Crippen LogP contribution in [0.2, 0.25) is 0 Å². The number of allylic oxidation sites excluding steroid dienone is 1. The fourth-order valence-corrected chi connectivity index (χ4v) is 3.41. The zero-order chi connectivity index (χ0) is 17.8. The zero-order valence-electron chi connectivity index (χ0n) is 14.5. The number of carbonyl (C=O) groups is 2. The Bertz CT molecular complexity index is 691. The molecule has 1 fully saturated rings. The molecular formula is C19H23NO5. The minimum absolute atomic E-state index is 0.0345. The van der Waals surface area contributed by atoms with Gasteiger partial charge in [0.1, 0.15) is 12.4 Å². The first kappa shape index (κ1) is 17.5. The minimum atomic E-state index is -0.413. The standard InChI is InChI=1S/C19H23NO5/c1-12-18(19(22)25-11-13-6-5-9-24-13)15(10-17(21)20-12)14-7-3-4-8-16(14)23-2/h3-4,7-8,13,15H,5-6,9-11H2,1-2H3,(H,20,21)/t13-,15-/m1/s1. The van der Waals surface area contributed by atoms with Gasteiger partial charge in [-0.05, 0) is 25.8 Å². The first-order valence-corrected chi connectivity index (χ1v) is 8.52.